The molecule has 0 aromatic carbocycles. The van der Waals surface area contributed by atoms with E-state index in [4.69, 9.17) is 0 Å². The molecule has 0 aliphatic heterocycles. The van der Waals surface area contributed by atoms with Crippen molar-refractivity contribution < 1.29 is 15.1 Å². The second-order valence-corrected chi connectivity index (χ2v) is 2.17. The first kappa shape index (κ1) is 9.24. The fourth-order valence-corrected chi connectivity index (χ4v) is 0.780. The maximum atomic E-state index is 9.18. The molecule has 6 nitrogen and oxygen atoms in total. The molecule has 1 aromatic heterocycles. The highest BCUT2D eigenvalue weighted by Gasteiger charge is 2.07. The van der Waals surface area contributed by atoms with Gasteiger partial charge in [-0.25, -0.2) is 9.97 Å². The average Bonchev–Trinajstić information content (AvgIpc) is 2.10. The van der Waals surface area contributed by atoms with E-state index in [1.807, 2.05) is 0 Å². The van der Waals surface area contributed by atoms with Gasteiger partial charge in [0.25, 0.3) is 0 Å². The fraction of sp³-hybridized carbons (Fsp3) is 0.286. The molecule has 1 rings (SSSR count). The van der Waals surface area contributed by atoms with E-state index in [-0.39, 0.29) is 23.7 Å². The van der Waals surface area contributed by atoms with E-state index in [0.717, 1.165) is 6.33 Å². The fourth-order valence-electron chi connectivity index (χ4n) is 0.780. The first-order valence-electron chi connectivity index (χ1n) is 3.52. The number of aromatic hydroxyl groups is 2. The summed E-state index contributed by atoms with van der Waals surface area (Å²) in [6.07, 6.45) is 2.67. The van der Waals surface area contributed by atoms with Crippen LogP contribution in [0.5, 0.6) is 11.8 Å². The molecule has 0 aliphatic carbocycles. The number of aromatic nitrogens is 2. The monoisotopic (exact) mass is 183 g/mol. The minimum Gasteiger partial charge on any atom is -0.493 e. The van der Waals surface area contributed by atoms with Gasteiger partial charge in [0.05, 0.1) is 5.56 Å². The van der Waals surface area contributed by atoms with Gasteiger partial charge < -0.3 is 15.1 Å². The van der Waals surface area contributed by atoms with Gasteiger partial charge in [-0.05, 0) is 0 Å². The largest absolute Gasteiger partial charge is 0.493 e. The van der Waals surface area contributed by atoms with Crippen molar-refractivity contribution in [3.63, 3.8) is 0 Å². The van der Waals surface area contributed by atoms with E-state index in [1.165, 1.54) is 13.3 Å². The molecule has 0 unspecified atom stereocenters. The van der Waals surface area contributed by atoms with Crippen LogP contribution < -0.4 is 0 Å². The third-order valence-electron chi connectivity index (χ3n) is 1.38. The Labute approximate surface area is 74.5 Å². The van der Waals surface area contributed by atoms with Crippen molar-refractivity contribution in [2.24, 2.45) is 5.16 Å². The summed E-state index contributed by atoms with van der Waals surface area (Å²) in [5.74, 6) is -0.509. The standard InChI is InChI=1S/C7H9N3O3/c1-13-10-3-2-5-6(11)8-4-9-7(5)12/h3-4H,2H2,1H3,(H2,8,9,11,12). The summed E-state index contributed by atoms with van der Waals surface area (Å²) in [5, 5.41) is 21.8. The van der Waals surface area contributed by atoms with Crippen LogP contribution in [0.25, 0.3) is 0 Å². The van der Waals surface area contributed by atoms with Gasteiger partial charge in [-0.2, -0.15) is 0 Å². The minimum absolute atomic E-state index is 0.215. The topological polar surface area (TPSA) is 87.8 Å². The van der Waals surface area contributed by atoms with E-state index in [0.29, 0.717) is 0 Å². The highest BCUT2D eigenvalue weighted by Crippen LogP contribution is 2.20. The maximum Gasteiger partial charge on any atom is 0.221 e. The average molecular weight is 183 g/mol. The molecule has 1 heterocycles. The molecule has 0 saturated heterocycles. The van der Waals surface area contributed by atoms with Crippen molar-refractivity contribution in [3.8, 4) is 11.8 Å². The molecular weight excluding hydrogens is 174 g/mol. The van der Waals surface area contributed by atoms with Crippen LogP contribution in [0.3, 0.4) is 0 Å². The Balaban J connectivity index is 2.81. The van der Waals surface area contributed by atoms with Crippen molar-refractivity contribution in [2.45, 2.75) is 6.42 Å². The molecule has 0 spiro atoms. The van der Waals surface area contributed by atoms with E-state index in [1.54, 1.807) is 0 Å². The number of hydrogen-bond acceptors (Lipinski definition) is 6. The summed E-state index contributed by atoms with van der Waals surface area (Å²) < 4.78 is 0. The predicted octanol–water partition coefficient (Wildman–Crippen LogP) is 0.0625. The molecular formula is C7H9N3O3. The zero-order chi connectivity index (χ0) is 9.68. The van der Waals surface area contributed by atoms with Crippen LogP contribution in [0.4, 0.5) is 0 Å². The van der Waals surface area contributed by atoms with E-state index < -0.39 is 0 Å². The summed E-state index contributed by atoms with van der Waals surface area (Å²) in [7, 11) is 1.40. The lowest BCUT2D eigenvalue weighted by Gasteiger charge is -2.00. The molecule has 13 heavy (non-hydrogen) atoms. The number of oxime groups is 1. The summed E-state index contributed by atoms with van der Waals surface area (Å²) in [4.78, 5) is 11.4. The zero-order valence-electron chi connectivity index (χ0n) is 7.01. The lowest BCUT2D eigenvalue weighted by Crippen LogP contribution is -1.92. The van der Waals surface area contributed by atoms with Crippen molar-refractivity contribution in [1.29, 1.82) is 0 Å². The van der Waals surface area contributed by atoms with Crippen molar-refractivity contribution in [2.75, 3.05) is 7.11 Å². The molecule has 0 atom stereocenters. The molecule has 0 radical (unpaired) electrons. The lowest BCUT2D eigenvalue weighted by molar-refractivity contribution is 0.214. The van der Waals surface area contributed by atoms with Crippen LogP contribution in [0.2, 0.25) is 0 Å². The molecule has 0 saturated carbocycles. The first-order valence-corrected chi connectivity index (χ1v) is 3.52. The van der Waals surface area contributed by atoms with Crippen LogP contribution in [-0.2, 0) is 11.3 Å². The maximum absolute atomic E-state index is 9.18. The van der Waals surface area contributed by atoms with E-state index >= 15 is 0 Å². The molecule has 0 amide bonds. The third-order valence-corrected chi connectivity index (χ3v) is 1.38. The Morgan fingerprint density at radius 2 is 2.08 bits per heavy atom. The van der Waals surface area contributed by atoms with Gasteiger partial charge in [-0.3, -0.25) is 0 Å². The Kier molecular flexibility index (Phi) is 3.02. The molecule has 70 valence electrons. The number of hydrogen-bond donors (Lipinski definition) is 2. The molecule has 0 aliphatic rings. The van der Waals surface area contributed by atoms with E-state index in [2.05, 4.69) is 20.0 Å². The SMILES string of the molecule is CON=CCc1c(O)ncnc1O. The Morgan fingerprint density at radius 3 is 2.62 bits per heavy atom. The molecule has 0 fully saturated rings. The van der Waals surface area contributed by atoms with Gasteiger partial charge in [0, 0.05) is 12.6 Å². The third kappa shape index (κ3) is 2.29. The quantitative estimate of drug-likeness (QED) is 0.511. The number of rotatable bonds is 3. The summed E-state index contributed by atoms with van der Waals surface area (Å²) in [5.41, 5.74) is 0.225. The van der Waals surface area contributed by atoms with Crippen molar-refractivity contribution in [3.05, 3.63) is 11.9 Å². The van der Waals surface area contributed by atoms with Crippen LogP contribution in [0, 0.1) is 0 Å². The van der Waals surface area contributed by atoms with E-state index in [9.17, 15) is 10.2 Å². The number of nitrogens with zero attached hydrogens (tertiary/aromatic N) is 3. The summed E-state index contributed by atoms with van der Waals surface area (Å²) >= 11 is 0. The summed E-state index contributed by atoms with van der Waals surface area (Å²) in [6, 6.07) is 0. The highest BCUT2D eigenvalue weighted by molar-refractivity contribution is 5.63. The highest BCUT2D eigenvalue weighted by atomic mass is 16.6. The van der Waals surface area contributed by atoms with Gasteiger partial charge in [0.2, 0.25) is 11.8 Å². The minimum atomic E-state index is -0.255. The molecule has 6 heteroatoms. The first-order chi connectivity index (χ1) is 6.25. The molecule has 2 N–H and O–H groups in total. The predicted molar refractivity (Wildman–Crippen MR) is 44.6 cm³/mol. The smallest absolute Gasteiger partial charge is 0.221 e. The van der Waals surface area contributed by atoms with Gasteiger partial charge in [0.1, 0.15) is 13.4 Å². The Morgan fingerprint density at radius 1 is 1.46 bits per heavy atom. The van der Waals surface area contributed by atoms with Crippen molar-refractivity contribution >= 4 is 6.21 Å². The second kappa shape index (κ2) is 4.24. The van der Waals surface area contributed by atoms with Crippen LogP contribution >= 0.6 is 0 Å². The van der Waals surface area contributed by atoms with Gasteiger partial charge >= 0.3 is 0 Å². The summed E-state index contributed by atoms with van der Waals surface area (Å²) in [6.45, 7) is 0. The Hall–Kier alpha value is -1.85. The normalized spacial score (nSPS) is 10.5. The second-order valence-electron chi connectivity index (χ2n) is 2.17. The molecule has 1 aromatic rings. The van der Waals surface area contributed by atoms with Gasteiger partial charge in [0.15, 0.2) is 0 Å². The van der Waals surface area contributed by atoms with Gasteiger partial charge in [-0.15, -0.1) is 0 Å². The van der Waals surface area contributed by atoms with Crippen LogP contribution in [0.15, 0.2) is 11.5 Å². The van der Waals surface area contributed by atoms with Crippen LogP contribution in [0.1, 0.15) is 5.56 Å². The zero-order valence-corrected chi connectivity index (χ0v) is 7.01. The van der Waals surface area contributed by atoms with Gasteiger partial charge in [-0.1, -0.05) is 5.16 Å². The molecule has 0 bridgehead atoms. The van der Waals surface area contributed by atoms with Crippen molar-refractivity contribution in [1.82, 2.24) is 9.97 Å². The Bertz CT molecular complexity index is 294. The lowest BCUT2D eigenvalue weighted by atomic mass is 10.2. The van der Waals surface area contributed by atoms with Crippen LogP contribution in [-0.4, -0.2) is 33.5 Å².